The van der Waals surface area contributed by atoms with Crippen LogP contribution < -0.4 is 30.1 Å². The molecule has 2 N–H and O–H groups in total. The van der Waals surface area contributed by atoms with Crippen molar-refractivity contribution in [3.05, 3.63) is 76.3 Å². The van der Waals surface area contributed by atoms with Crippen molar-refractivity contribution in [3.8, 4) is 17.6 Å². The van der Waals surface area contributed by atoms with E-state index in [0.29, 0.717) is 52.5 Å². The number of hydrogen-bond donors (Lipinski definition) is 2. The Morgan fingerprint density at radius 2 is 1.81 bits per heavy atom. The van der Waals surface area contributed by atoms with Gasteiger partial charge in [0.1, 0.15) is 23.2 Å². The zero-order valence-corrected chi connectivity index (χ0v) is 36.2. The fourth-order valence-corrected chi connectivity index (χ4v) is 9.80. The van der Waals surface area contributed by atoms with Crippen molar-refractivity contribution >= 4 is 63.4 Å². The number of nitrogens with one attached hydrogen (secondary N) is 2. The average molecular weight is 868 g/mol. The van der Waals surface area contributed by atoms with Gasteiger partial charge in [-0.2, -0.15) is 10.4 Å². The number of anilines is 3. The molecule has 326 valence electrons. The molecule has 4 heterocycles. The molecule has 1 spiro atoms. The predicted octanol–water partition coefficient (Wildman–Crippen LogP) is 6.34. The highest BCUT2D eigenvalue weighted by Crippen LogP contribution is 2.52. The van der Waals surface area contributed by atoms with E-state index >= 15 is 8.78 Å². The van der Waals surface area contributed by atoms with Crippen molar-refractivity contribution in [1.82, 2.24) is 33.9 Å². The molecule has 3 aromatic carbocycles. The van der Waals surface area contributed by atoms with Crippen LogP contribution in [0.15, 0.2) is 53.6 Å². The maximum atomic E-state index is 15.8. The second-order valence-corrected chi connectivity index (χ2v) is 17.7. The molecule has 0 bridgehead atoms. The Balaban J connectivity index is 0.863. The van der Waals surface area contributed by atoms with Gasteiger partial charge in [-0.15, -0.1) is 0 Å². The number of nitriles is 1. The molecule has 2 amide bonds. The van der Waals surface area contributed by atoms with Crippen LogP contribution in [0.1, 0.15) is 63.5 Å². The molecule has 62 heavy (non-hydrogen) atoms. The number of benzene rings is 3. The number of imide groups is 1. The second kappa shape index (κ2) is 17.9. The molecule has 3 fully saturated rings. The van der Waals surface area contributed by atoms with Gasteiger partial charge in [0.25, 0.3) is 5.56 Å². The highest BCUT2D eigenvalue weighted by Gasteiger charge is 2.48. The summed E-state index contributed by atoms with van der Waals surface area (Å²) in [6.07, 6.45) is 7.92. The number of likely N-dealkylation sites (tertiary alicyclic amines) is 1. The van der Waals surface area contributed by atoms with Crippen LogP contribution in [0.4, 0.5) is 26.0 Å². The van der Waals surface area contributed by atoms with E-state index < -0.39 is 5.82 Å². The summed E-state index contributed by atoms with van der Waals surface area (Å²) >= 11 is 1.29. The Morgan fingerprint density at radius 3 is 2.52 bits per heavy atom. The van der Waals surface area contributed by atoms with Crippen LogP contribution in [0.3, 0.4) is 0 Å². The van der Waals surface area contributed by atoms with Crippen LogP contribution in [0.5, 0.6) is 11.5 Å². The number of nitrogens with zero attached hydrogens (tertiary/aromatic N) is 9. The van der Waals surface area contributed by atoms with E-state index in [4.69, 9.17) is 4.74 Å². The largest absolute Gasteiger partial charge is 0.453 e. The number of ether oxygens (including phenoxy) is 1. The number of amides is 2. The van der Waals surface area contributed by atoms with Gasteiger partial charge in [-0.25, -0.2) is 18.1 Å². The van der Waals surface area contributed by atoms with Crippen LogP contribution in [0.25, 0.3) is 21.8 Å². The van der Waals surface area contributed by atoms with Gasteiger partial charge in [0.2, 0.25) is 12.3 Å². The number of fused-ring (bicyclic) bond motifs is 2. The molecule has 8 rings (SSSR count). The van der Waals surface area contributed by atoms with Gasteiger partial charge >= 0.3 is 0 Å². The van der Waals surface area contributed by atoms with Crippen molar-refractivity contribution in [2.24, 2.45) is 12.5 Å². The second-order valence-electron chi connectivity index (χ2n) is 16.7. The Morgan fingerprint density at radius 1 is 1.05 bits per heavy atom. The molecule has 2 aliphatic heterocycles. The highest BCUT2D eigenvalue weighted by atomic mass is 32.2. The van der Waals surface area contributed by atoms with Gasteiger partial charge in [0.15, 0.2) is 17.4 Å². The van der Waals surface area contributed by atoms with Crippen LogP contribution in [0, 0.1) is 28.4 Å². The van der Waals surface area contributed by atoms with E-state index in [1.807, 2.05) is 31.4 Å². The van der Waals surface area contributed by atoms with Gasteiger partial charge in [0, 0.05) is 89.4 Å². The molecule has 3 aliphatic rings. The number of halogens is 2. The quantitative estimate of drug-likeness (QED) is 0.0943. The van der Waals surface area contributed by atoms with E-state index in [1.165, 1.54) is 30.3 Å². The minimum Gasteiger partial charge on any atom is -0.453 e. The van der Waals surface area contributed by atoms with E-state index in [2.05, 4.69) is 36.0 Å². The zero-order valence-electron chi connectivity index (χ0n) is 35.4. The maximum Gasteiger partial charge on any atom is 0.261 e. The number of piperidine rings is 2. The minimum absolute atomic E-state index is 0.0142. The van der Waals surface area contributed by atoms with Crippen molar-refractivity contribution in [2.75, 3.05) is 67.9 Å². The molecule has 18 heteroatoms. The standard InChI is InChI=1S/C44H51F2N11O4S/c1-5-53(3)62-51-37-9-7-34(45)41(33(37)25-47)61-30-6-8-36-31(20-30)43(60)57(26-48-36)28-10-16-55(17-11-28)29-23-44(24-29)13-18-56(19-14-44)39-22-38-32(21-35(39)46)42(50-54(38)4)52(2)15-12-40(59)49-27-58/h6-9,20-22,26-29,51H,5,10-19,23-24H2,1-4H3,(H,49,58,59). The lowest BCUT2D eigenvalue weighted by molar-refractivity contribution is -0.125. The third-order valence-corrected chi connectivity index (χ3v) is 13.9. The first-order valence-electron chi connectivity index (χ1n) is 21.1. The Hall–Kier alpha value is -5.77. The topological polar surface area (TPSA) is 157 Å². The van der Waals surface area contributed by atoms with E-state index in [-0.39, 0.29) is 52.2 Å². The van der Waals surface area contributed by atoms with Crippen LogP contribution in [0.2, 0.25) is 0 Å². The number of rotatable bonds is 14. The van der Waals surface area contributed by atoms with E-state index in [9.17, 15) is 19.6 Å². The first kappa shape index (κ1) is 42.9. The smallest absolute Gasteiger partial charge is 0.261 e. The van der Waals surface area contributed by atoms with Crippen molar-refractivity contribution < 1.29 is 23.1 Å². The summed E-state index contributed by atoms with van der Waals surface area (Å²) in [4.78, 5) is 47.4. The first-order valence-corrected chi connectivity index (χ1v) is 21.8. The number of aromatic nitrogens is 4. The van der Waals surface area contributed by atoms with Crippen molar-refractivity contribution in [2.45, 2.75) is 64.0 Å². The lowest BCUT2D eigenvalue weighted by Crippen LogP contribution is -2.56. The lowest BCUT2D eigenvalue weighted by atomic mass is 9.59. The molecule has 1 aliphatic carbocycles. The molecule has 15 nitrogen and oxygen atoms in total. The molecule has 1 saturated carbocycles. The summed E-state index contributed by atoms with van der Waals surface area (Å²) in [7, 11) is 5.51. The number of hydrogen-bond acceptors (Lipinski definition) is 13. The molecule has 0 unspecified atom stereocenters. The molecular weight excluding hydrogens is 817 g/mol. The van der Waals surface area contributed by atoms with E-state index in [1.54, 1.807) is 45.7 Å². The van der Waals surface area contributed by atoms with Crippen LogP contribution >= 0.6 is 12.1 Å². The van der Waals surface area contributed by atoms with E-state index in [0.717, 1.165) is 76.8 Å². The van der Waals surface area contributed by atoms with Crippen molar-refractivity contribution in [3.63, 3.8) is 0 Å². The Labute approximate surface area is 362 Å². The van der Waals surface area contributed by atoms with Crippen LogP contribution in [-0.2, 0) is 16.6 Å². The first-order chi connectivity index (χ1) is 29.9. The predicted molar refractivity (Wildman–Crippen MR) is 236 cm³/mol. The summed E-state index contributed by atoms with van der Waals surface area (Å²) in [6.45, 7) is 6.36. The fourth-order valence-electron chi connectivity index (χ4n) is 9.24. The molecule has 2 saturated heterocycles. The van der Waals surface area contributed by atoms with Gasteiger partial charge in [-0.1, -0.05) is 6.92 Å². The zero-order chi connectivity index (χ0) is 43.7. The Kier molecular flexibility index (Phi) is 12.4. The number of carbonyl (C=O) groups excluding carboxylic acids is 2. The molecule has 5 aromatic rings. The lowest BCUT2D eigenvalue weighted by Gasteiger charge is -2.56. The molecule has 0 radical (unpaired) electrons. The maximum absolute atomic E-state index is 15.8. The monoisotopic (exact) mass is 867 g/mol. The number of carbonyl (C=O) groups is 2. The highest BCUT2D eigenvalue weighted by molar-refractivity contribution is 7.98. The van der Waals surface area contributed by atoms with Gasteiger partial charge < -0.3 is 24.2 Å². The number of aryl methyl sites for hydroxylation is 1. The summed E-state index contributed by atoms with van der Waals surface area (Å²) in [5.74, 6) is -0.781. The van der Waals surface area contributed by atoms with Crippen molar-refractivity contribution in [1.29, 1.82) is 5.26 Å². The summed E-state index contributed by atoms with van der Waals surface area (Å²) in [5.41, 5.74) is 2.39. The van der Waals surface area contributed by atoms with Gasteiger partial charge in [0.05, 0.1) is 34.1 Å². The normalized spacial score (nSPS) is 17.0. The molecule has 0 atom stereocenters. The Bertz CT molecular complexity index is 2590. The van der Waals surface area contributed by atoms with Gasteiger partial charge in [-0.3, -0.25) is 28.9 Å². The molecular formula is C44H51F2N11O4S. The summed E-state index contributed by atoms with van der Waals surface area (Å²) in [5, 5.41) is 17.7. The van der Waals surface area contributed by atoms with Gasteiger partial charge in [-0.05, 0) is 93.5 Å². The fraction of sp³-hybridized carbons (Fsp3) is 0.455. The SMILES string of the molecule is CCN(C)SNc1ccc(F)c(Oc2ccc3ncn(C4CCN(C5CC6(CCN(c7cc8c(cc7F)c(N(C)CCC(=O)NC=O)nn8C)CC6)C5)CC4)c(=O)c3c2)c1C#N. The van der Waals surface area contributed by atoms with Crippen LogP contribution in [-0.4, -0.2) is 100 Å². The summed E-state index contributed by atoms with van der Waals surface area (Å²) < 4.78 is 45.2. The third kappa shape index (κ3) is 8.53. The minimum atomic E-state index is -0.687. The average Bonchev–Trinajstić information content (AvgIpc) is 3.59. The molecule has 2 aromatic heterocycles. The third-order valence-electron chi connectivity index (χ3n) is 13.0. The summed E-state index contributed by atoms with van der Waals surface area (Å²) in [6, 6.07) is 13.5.